The molecule has 2 N–H and O–H groups in total. The third-order valence-electron chi connectivity index (χ3n) is 3.77. The van der Waals surface area contributed by atoms with Gasteiger partial charge in [-0.05, 0) is 58.8 Å². The number of rotatable bonds is 3. The standard InChI is InChI=1S/C15H21BrFN3/c1-11-5-8-20(9-6-11)15(18)19-7-4-12-2-3-14(17)13(16)10-12/h2-3,10-11H,4-9H2,1H3,(H2,18,19). The van der Waals surface area contributed by atoms with E-state index in [4.69, 9.17) is 5.73 Å². The first-order chi connectivity index (χ1) is 9.56. The van der Waals surface area contributed by atoms with Gasteiger partial charge >= 0.3 is 0 Å². The number of piperidine rings is 1. The van der Waals surface area contributed by atoms with Gasteiger partial charge in [-0.3, -0.25) is 4.99 Å². The molecule has 0 unspecified atom stereocenters. The van der Waals surface area contributed by atoms with Crippen LogP contribution in [0.25, 0.3) is 0 Å². The van der Waals surface area contributed by atoms with E-state index in [9.17, 15) is 4.39 Å². The Morgan fingerprint density at radius 3 is 2.80 bits per heavy atom. The van der Waals surface area contributed by atoms with Crippen molar-refractivity contribution in [3.05, 3.63) is 34.1 Å². The van der Waals surface area contributed by atoms with E-state index in [0.29, 0.717) is 17.0 Å². The van der Waals surface area contributed by atoms with Gasteiger partial charge in [0.1, 0.15) is 5.82 Å². The van der Waals surface area contributed by atoms with Crippen molar-refractivity contribution in [2.24, 2.45) is 16.6 Å². The highest BCUT2D eigenvalue weighted by Crippen LogP contribution is 2.17. The Kier molecular flexibility index (Phi) is 5.40. The van der Waals surface area contributed by atoms with E-state index in [1.165, 1.54) is 18.9 Å². The molecular weight excluding hydrogens is 321 g/mol. The number of benzene rings is 1. The van der Waals surface area contributed by atoms with Gasteiger partial charge < -0.3 is 10.6 Å². The molecule has 1 aromatic rings. The van der Waals surface area contributed by atoms with E-state index in [0.717, 1.165) is 31.0 Å². The van der Waals surface area contributed by atoms with Crippen LogP contribution in [0.1, 0.15) is 25.3 Å². The molecule has 0 radical (unpaired) electrons. The predicted octanol–water partition coefficient (Wildman–Crippen LogP) is 3.18. The average molecular weight is 342 g/mol. The molecule has 3 nitrogen and oxygen atoms in total. The average Bonchev–Trinajstić information content (AvgIpc) is 2.43. The van der Waals surface area contributed by atoms with Gasteiger partial charge in [-0.25, -0.2) is 4.39 Å². The predicted molar refractivity (Wildman–Crippen MR) is 84.3 cm³/mol. The third kappa shape index (κ3) is 4.20. The SMILES string of the molecule is CC1CCN(C(N)=NCCc2ccc(F)c(Br)c2)CC1. The van der Waals surface area contributed by atoms with Crippen molar-refractivity contribution < 1.29 is 4.39 Å². The fourth-order valence-corrected chi connectivity index (χ4v) is 2.76. The van der Waals surface area contributed by atoms with Crippen molar-refractivity contribution in [2.45, 2.75) is 26.2 Å². The Morgan fingerprint density at radius 2 is 2.15 bits per heavy atom. The van der Waals surface area contributed by atoms with Crippen molar-refractivity contribution >= 4 is 21.9 Å². The Balaban J connectivity index is 1.84. The van der Waals surface area contributed by atoms with Gasteiger partial charge in [-0.1, -0.05) is 13.0 Å². The maximum absolute atomic E-state index is 13.1. The summed E-state index contributed by atoms with van der Waals surface area (Å²) in [6.45, 7) is 4.91. The topological polar surface area (TPSA) is 41.6 Å². The molecule has 1 aliphatic heterocycles. The minimum absolute atomic E-state index is 0.237. The van der Waals surface area contributed by atoms with E-state index in [1.807, 2.05) is 0 Å². The third-order valence-corrected chi connectivity index (χ3v) is 4.37. The molecule has 0 saturated carbocycles. The molecule has 5 heteroatoms. The van der Waals surface area contributed by atoms with E-state index in [2.05, 4.69) is 32.7 Å². The highest BCUT2D eigenvalue weighted by Gasteiger charge is 2.16. The second-order valence-electron chi connectivity index (χ2n) is 5.41. The van der Waals surface area contributed by atoms with Crippen molar-refractivity contribution in [1.82, 2.24) is 4.90 Å². The van der Waals surface area contributed by atoms with Crippen molar-refractivity contribution in [2.75, 3.05) is 19.6 Å². The van der Waals surface area contributed by atoms with E-state index < -0.39 is 0 Å². The number of hydrogen-bond donors (Lipinski definition) is 1. The second-order valence-corrected chi connectivity index (χ2v) is 6.26. The summed E-state index contributed by atoms with van der Waals surface area (Å²) >= 11 is 3.19. The lowest BCUT2D eigenvalue weighted by atomic mass is 10.00. The first-order valence-corrected chi connectivity index (χ1v) is 7.84. The van der Waals surface area contributed by atoms with E-state index in [-0.39, 0.29) is 5.82 Å². The Hall–Kier alpha value is -1.10. The molecule has 110 valence electrons. The maximum Gasteiger partial charge on any atom is 0.191 e. The van der Waals surface area contributed by atoms with Crippen LogP contribution in [0.5, 0.6) is 0 Å². The molecule has 0 amide bonds. The molecule has 0 atom stereocenters. The van der Waals surface area contributed by atoms with Gasteiger partial charge in [0.15, 0.2) is 5.96 Å². The lowest BCUT2D eigenvalue weighted by Crippen LogP contribution is -2.42. The second kappa shape index (κ2) is 7.07. The summed E-state index contributed by atoms with van der Waals surface area (Å²) in [5, 5.41) is 0. The number of aliphatic imine (C=N–C) groups is 1. The van der Waals surface area contributed by atoms with Gasteiger partial charge in [0.05, 0.1) is 4.47 Å². The number of halogens is 2. The van der Waals surface area contributed by atoms with Crippen molar-refractivity contribution in [3.8, 4) is 0 Å². The molecule has 0 bridgehead atoms. The Labute approximate surface area is 128 Å². The first-order valence-electron chi connectivity index (χ1n) is 7.05. The van der Waals surface area contributed by atoms with Crippen LogP contribution < -0.4 is 5.73 Å². The molecule has 1 fully saturated rings. The van der Waals surface area contributed by atoms with Crippen LogP contribution >= 0.6 is 15.9 Å². The molecule has 1 aliphatic rings. The maximum atomic E-state index is 13.1. The van der Waals surface area contributed by atoms with Gasteiger partial charge in [-0.2, -0.15) is 0 Å². The molecule has 0 spiro atoms. The van der Waals surface area contributed by atoms with Gasteiger partial charge in [0, 0.05) is 19.6 Å². The van der Waals surface area contributed by atoms with Gasteiger partial charge in [0.25, 0.3) is 0 Å². The zero-order valence-corrected chi connectivity index (χ0v) is 13.4. The summed E-state index contributed by atoms with van der Waals surface area (Å²) in [7, 11) is 0. The quantitative estimate of drug-likeness (QED) is 0.677. The van der Waals surface area contributed by atoms with Crippen LogP contribution in [0.3, 0.4) is 0 Å². The minimum atomic E-state index is -0.237. The Bertz CT molecular complexity index is 482. The molecule has 0 aromatic heterocycles. The molecule has 1 saturated heterocycles. The van der Waals surface area contributed by atoms with Crippen LogP contribution in [-0.2, 0) is 6.42 Å². The molecule has 0 aliphatic carbocycles. The summed E-state index contributed by atoms with van der Waals surface area (Å²) < 4.78 is 13.6. The van der Waals surface area contributed by atoms with Crippen LogP contribution in [0, 0.1) is 11.7 Å². The summed E-state index contributed by atoms with van der Waals surface area (Å²) in [6, 6.07) is 5.05. The van der Waals surface area contributed by atoms with Crippen LogP contribution in [0.15, 0.2) is 27.7 Å². The minimum Gasteiger partial charge on any atom is -0.370 e. The summed E-state index contributed by atoms with van der Waals surface area (Å²) in [4.78, 5) is 6.58. The van der Waals surface area contributed by atoms with Crippen LogP contribution in [0.4, 0.5) is 4.39 Å². The fraction of sp³-hybridized carbons (Fsp3) is 0.533. The lowest BCUT2D eigenvalue weighted by molar-refractivity contribution is 0.277. The van der Waals surface area contributed by atoms with E-state index in [1.54, 1.807) is 12.1 Å². The molecule has 20 heavy (non-hydrogen) atoms. The zero-order valence-electron chi connectivity index (χ0n) is 11.8. The highest BCUT2D eigenvalue weighted by molar-refractivity contribution is 9.10. The molecule has 1 aromatic carbocycles. The summed E-state index contributed by atoms with van der Waals surface area (Å²) in [5.74, 6) is 1.19. The Morgan fingerprint density at radius 1 is 1.45 bits per heavy atom. The lowest BCUT2D eigenvalue weighted by Gasteiger charge is -2.31. The summed E-state index contributed by atoms with van der Waals surface area (Å²) in [5.41, 5.74) is 7.08. The van der Waals surface area contributed by atoms with Gasteiger partial charge in [-0.15, -0.1) is 0 Å². The highest BCUT2D eigenvalue weighted by atomic mass is 79.9. The van der Waals surface area contributed by atoms with E-state index >= 15 is 0 Å². The van der Waals surface area contributed by atoms with Crippen LogP contribution in [-0.4, -0.2) is 30.5 Å². The van der Waals surface area contributed by atoms with Gasteiger partial charge in [0.2, 0.25) is 0 Å². The molecular formula is C15H21BrFN3. The first kappa shape index (κ1) is 15.3. The largest absolute Gasteiger partial charge is 0.370 e. The molecule has 2 rings (SSSR count). The van der Waals surface area contributed by atoms with Crippen molar-refractivity contribution in [1.29, 1.82) is 0 Å². The van der Waals surface area contributed by atoms with Crippen LogP contribution in [0.2, 0.25) is 0 Å². The zero-order chi connectivity index (χ0) is 14.5. The van der Waals surface area contributed by atoms with Crippen molar-refractivity contribution in [3.63, 3.8) is 0 Å². The number of nitrogens with two attached hydrogens (primary N) is 1. The smallest absolute Gasteiger partial charge is 0.191 e. The number of nitrogens with zero attached hydrogens (tertiary/aromatic N) is 2. The fourth-order valence-electron chi connectivity index (χ4n) is 2.33. The monoisotopic (exact) mass is 341 g/mol. The number of hydrogen-bond acceptors (Lipinski definition) is 1. The molecule has 1 heterocycles. The number of guanidine groups is 1. The normalized spacial score (nSPS) is 17.6. The number of likely N-dealkylation sites (tertiary alicyclic amines) is 1. The summed E-state index contributed by atoms with van der Waals surface area (Å²) in [6.07, 6.45) is 3.13.